The van der Waals surface area contributed by atoms with Crippen LogP contribution < -0.4 is 4.90 Å². The molecule has 2 aromatic heterocycles. The highest BCUT2D eigenvalue weighted by Crippen LogP contribution is 2.47. The summed E-state index contributed by atoms with van der Waals surface area (Å²) in [5.41, 5.74) is 14.1. The maximum absolute atomic E-state index is 6.91. The van der Waals surface area contributed by atoms with Gasteiger partial charge in [0.2, 0.25) is 5.89 Å². The Hall–Kier alpha value is -8.21. The van der Waals surface area contributed by atoms with Gasteiger partial charge in [0, 0.05) is 33.3 Å². The average Bonchev–Trinajstić information content (AvgIpc) is 3.95. The van der Waals surface area contributed by atoms with Gasteiger partial charge in [-0.1, -0.05) is 152 Å². The van der Waals surface area contributed by atoms with Gasteiger partial charge in [-0.3, -0.25) is 0 Å². The Bertz CT molecular complexity index is 3570. The number of aromatic nitrogens is 1. The summed E-state index contributed by atoms with van der Waals surface area (Å²) in [6, 6.07) is 77.0. The van der Waals surface area contributed by atoms with Gasteiger partial charge in [0.1, 0.15) is 16.7 Å². The molecule has 0 saturated heterocycles. The minimum Gasteiger partial charge on any atom is -0.455 e. The highest BCUT2D eigenvalue weighted by molar-refractivity contribution is 6.23. The van der Waals surface area contributed by atoms with Crippen LogP contribution in [0, 0.1) is 0 Å². The lowest BCUT2D eigenvalue weighted by Crippen LogP contribution is -2.10. The SMILES string of the molecule is c1ccc(-c2ccc(N(c3ccc4cc(-c5ccccc5)ccc4c3)c3cccc4oc5c6ccccc6c(-c6cccc7oc(-c8ccccc8)nc67)cc5c34)cc2)cc1. The van der Waals surface area contributed by atoms with E-state index in [0.29, 0.717) is 5.89 Å². The summed E-state index contributed by atoms with van der Waals surface area (Å²) >= 11 is 0. The van der Waals surface area contributed by atoms with Gasteiger partial charge in [-0.2, -0.15) is 0 Å². The first-order chi connectivity index (χ1) is 30.2. The lowest BCUT2D eigenvalue weighted by atomic mass is 9.94. The molecule has 0 fully saturated rings. The zero-order chi connectivity index (χ0) is 40.3. The van der Waals surface area contributed by atoms with Crippen molar-refractivity contribution in [1.82, 2.24) is 4.98 Å². The number of oxazole rings is 1. The van der Waals surface area contributed by atoms with Crippen LogP contribution in [0.15, 0.2) is 227 Å². The van der Waals surface area contributed by atoms with E-state index in [-0.39, 0.29) is 0 Å². The van der Waals surface area contributed by atoms with Crippen LogP contribution >= 0.6 is 0 Å². The largest absolute Gasteiger partial charge is 0.455 e. The van der Waals surface area contributed by atoms with Gasteiger partial charge in [0.05, 0.1) is 11.1 Å². The second kappa shape index (κ2) is 14.3. The normalized spacial score (nSPS) is 11.6. The van der Waals surface area contributed by atoms with E-state index in [1.54, 1.807) is 0 Å². The van der Waals surface area contributed by atoms with Crippen molar-refractivity contribution in [1.29, 1.82) is 0 Å². The molecule has 0 amide bonds. The van der Waals surface area contributed by atoms with Crippen molar-refractivity contribution in [2.45, 2.75) is 0 Å². The van der Waals surface area contributed by atoms with Crippen LogP contribution in [0.5, 0.6) is 0 Å². The first-order valence-corrected chi connectivity index (χ1v) is 20.6. The monoisotopic (exact) mass is 780 g/mol. The van der Waals surface area contributed by atoms with E-state index in [9.17, 15) is 0 Å². The predicted octanol–water partition coefficient (Wildman–Crippen LogP) is 16.2. The molecule has 0 saturated carbocycles. The molecular weight excluding hydrogens is 745 g/mol. The summed E-state index contributed by atoms with van der Waals surface area (Å²) in [6.07, 6.45) is 0. The van der Waals surface area contributed by atoms with E-state index in [1.165, 1.54) is 22.1 Å². The summed E-state index contributed by atoms with van der Waals surface area (Å²) in [5.74, 6) is 0.602. The standard InChI is InChI=1S/C57H36N2O2/c1-4-14-37(15-5-1)39-28-31-44(32-29-39)59(45-33-30-42-34-41(26-27-43(42)35-45)38-16-6-2-7-17-38)51-23-13-24-52-54(51)50-36-49(46-20-10-11-21-48(46)56(50)60-52)47-22-12-25-53-55(47)58-57(61-53)40-18-8-3-9-19-40/h1-36H. The topological polar surface area (TPSA) is 42.4 Å². The molecule has 0 aliphatic heterocycles. The molecule has 0 radical (unpaired) electrons. The first-order valence-electron chi connectivity index (χ1n) is 20.6. The zero-order valence-electron chi connectivity index (χ0n) is 33.0. The van der Waals surface area contributed by atoms with Gasteiger partial charge < -0.3 is 13.7 Å². The smallest absolute Gasteiger partial charge is 0.227 e. The van der Waals surface area contributed by atoms with Crippen LogP contribution in [0.4, 0.5) is 17.1 Å². The summed E-state index contributed by atoms with van der Waals surface area (Å²) in [4.78, 5) is 7.47. The summed E-state index contributed by atoms with van der Waals surface area (Å²) in [7, 11) is 0. The van der Waals surface area contributed by atoms with Gasteiger partial charge in [0.25, 0.3) is 0 Å². The number of anilines is 3. The van der Waals surface area contributed by atoms with E-state index >= 15 is 0 Å². The Morgan fingerprint density at radius 3 is 1.72 bits per heavy atom. The Balaban J connectivity index is 1.08. The van der Waals surface area contributed by atoms with Crippen molar-refractivity contribution in [3.63, 3.8) is 0 Å². The molecule has 0 unspecified atom stereocenters. The lowest BCUT2D eigenvalue weighted by molar-refractivity contribution is 0.620. The zero-order valence-corrected chi connectivity index (χ0v) is 33.0. The molecule has 12 aromatic rings. The molecule has 4 heteroatoms. The summed E-state index contributed by atoms with van der Waals surface area (Å²) in [5, 5.41) is 6.54. The van der Waals surface area contributed by atoms with Crippen LogP contribution in [0.25, 0.3) is 99.4 Å². The van der Waals surface area contributed by atoms with Crippen LogP contribution in [-0.4, -0.2) is 4.98 Å². The molecule has 12 rings (SSSR count). The summed E-state index contributed by atoms with van der Waals surface area (Å²) < 4.78 is 13.3. The molecule has 61 heavy (non-hydrogen) atoms. The predicted molar refractivity (Wildman–Crippen MR) is 253 cm³/mol. The van der Waals surface area contributed by atoms with Gasteiger partial charge in [-0.15, -0.1) is 0 Å². The molecule has 0 N–H and O–H groups in total. The number of fused-ring (bicyclic) bond motifs is 7. The number of furan rings is 1. The quantitative estimate of drug-likeness (QED) is 0.162. The van der Waals surface area contributed by atoms with Crippen molar-refractivity contribution in [2.75, 3.05) is 4.90 Å². The number of benzene rings is 10. The van der Waals surface area contributed by atoms with E-state index < -0.39 is 0 Å². The van der Waals surface area contributed by atoms with Gasteiger partial charge in [-0.25, -0.2) is 4.98 Å². The highest BCUT2D eigenvalue weighted by atomic mass is 16.3. The molecule has 0 aliphatic rings. The fourth-order valence-electron chi connectivity index (χ4n) is 8.95. The Morgan fingerprint density at radius 2 is 0.951 bits per heavy atom. The Kier molecular flexibility index (Phi) is 8.13. The minimum absolute atomic E-state index is 0.602. The van der Waals surface area contributed by atoms with Crippen LogP contribution in [0.2, 0.25) is 0 Å². The van der Waals surface area contributed by atoms with Crippen molar-refractivity contribution in [2.24, 2.45) is 0 Å². The van der Waals surface area contributed by atoms with Crippen LogP contribution in [-0.2, 0) is 0 Å². The van der Waals surface area contributed by atoms with Gasteiger partial charge in [-0.05, 0) is 111 Å². The van der Waals surface area contributed by atoms with E-state index in [1.807, 2.05) is 36.4 Å². The molecule has 2 heterocycles. The third-order valence-electron chi connectivity index (χ3n) is 11.9. The number of hydrogen-bond donors (Lipinski definition) is 0. The molecule has 4 nitrogen and oxygen atoms in total. The number of rotatable bonds is 7. The third-order valence-corrected chi connectivity index (χ3v) is 11.9. The van der Waals surface area contributed by atoms with E-state index in [2.05, 4.69) is 187 Å². The van der Waals surface area contributed by atoms with Crippen molar-refractivity contribution >= 4 is 71.6 Å². The first kappa shape index (κ1) is 34.8. The minimum atomic E-state index is 0.602. The second-order valence-electron chi connectivity index (χ2n) is 15.5. The molecule has 0 aliphatic carbocycles. The molecule has 286 valence electrons. The van der Waals surface area contributed by atoms with Crippen molar-refractivity contribution in [3.05, 3.63) is 218 Å². The fraction of sp³-hybridized carbons (Fsp3) is 0. The number of nitrogens with zero attached hydrogens (tertiary/aromatic N) is 2. The van der Waals surface area contributed by atoms with E-state index in [4.69, 9.17) is 13.8 Å². The molecular formula is C57H36N2O2. The molecule has 0 spiro atoms. The van der Waals surface area contributed by atoms with Gasteiger partial charge in [0.15, 0.2) is 5.58 Å². The number of para-hydroxylation sites is 1. The molecule has 10 aromatic carbocycles. The third kappa shape index (κ3) is 5.96. The maximum atomic E-state index is 6.91. The molecule has 0 atom stereocenters. The van der Waals surface area contributed by atoms with Crippen molar-refractivity contribution in [3.8, 4) is 44.8 Å². The second-order valence-corrected chi connectivity index (χ2v) is 15.5. The molecule has 0 bridgehead atoms. The fourth-order valence-corrected chi connectivity index (χ4v) is 8.95. The van der Waals surface area contributed by atoms with Crippen LogP contribution in [0.1, 0.15) is 0 Å². The lowest BCUT2D eigenvalue weighted by Gasteiger charge is -2.27. The van der Waals surface area contributed by atoms with E-state index in [0.717, 1.165) is 88.5 Å². The maximum Gasteiger partial charge on any atom is 0.227 e. The number of hydrogen-bond acceptors (Lipinski definition) is 4. The Labute approximate surface area is 352 Å². The average molecular weight is 781 g/mol. The highest BCUT2D eigenvalue weighted by Gasteiger charge is 2.23. The van der Waals surface area contributed by atoms with Crippen molar-refractivity contribution < 1.29 is 8.83 Å². The van der Waals surface area contributed by atoms with Crippen LogP contribution in [0.3, 0.4) is 0 Å². The summed E-state index contributed by atoms with van der Waals surface area (Å²) in [6.45, 7) is 0. The Morgan fingerprint density at radius 1 is 0.361 bits per heavy atom. The van der Waals surface area contributed by atoms with Gasteiger partial charge >= 0.3 is 0 Å².